The highest BCUT2D eigenvalue weighted by Gasteiger charge is 2.26. The van der Waals surface area contributed by atoms with E-state index in [-0.39, 0.29) is 24.2 Å². The summed E-state index contributed by atoms with van der Waals surface area (Å²) < 4.78 is 10.5. The number of amides is 1. The standard InChI is InChI=1S/C15H20ClNO3/c1-15(2,3)13(6-7-16)17-14(18)10-4-5-11-12(8-10)20-9-19-11/h4-5,8,13H,6-7,9H2,1-3H3,(H,17,18). The zero-order chi connectivity index (χ0) is 14.8. The highest BCUT2D eigenvalue weighted by atomic mass is 35.5. The maximum atomic E-state index is 12.3. The van der Waals surface area contributed by atoms with Crippen molar-refractivity contribution in [2.75, 3.05) is 12.7 Å². The Morgan fingerprint density at radius 2 is 2.05 bits per heavy atom. The van der Waals surface area contributed by atoms with Crippen molar-refractivity contribution in [3.63, 3.8) is 0 Å². The average Bonchev–Trinajstić information content (AvgIpc) is 2.84. The van der Waals surface area contributed by atoms with Gasteiger partial charge in [-0.2, -0.15) is 0 Å². The fraction of sp³-hybridized carbons (Fsp3) is 0.533. The van der Waals surface area contributed by atoms with Crippen LogP contribution in [-0.2, 0) is 0 Å². The lowest BCUT2D eigenvalue weighted by molar-refractivity contribution is 0.0900. The number of nitrogens with one attached hydrogen (secondary N) is 1. The van der Waals surface area contributed by atoms with Gasteiger partial charge in [0.15, 0.2) is 11.5 Å². The molecule has 1 amide bonds. The molecule has 1 aliphatic heterocycles. The fourth-order valence-electron chi connectivity index (χ4n) is 2.11. The van der Waals surface area contributed by atoms with Crippen LogP contribution in [0.4, 0.5) is 0 Å². The molecule has 0 spiro atoms. The van der Waals surface area contributed by atoms with Gasteiger partial charge in [-0.05, 0) is 30.0 Å². The van der Waals surface area contributed by atoms with Crippen molar-refractivity contribution in [1.29, 1.82) is 0 Å². The SMILES string of the molecule is CC(C)(C)C(CCCl)NC(=O)c1ccc2c(c1)OCO2. The van der Waals surface area contributed by atoms with Crippen molar-refractivity contribution >= 4 is 17.5 Å². The van der Waals surface area contributed by atoms with Crippen LogP contribution in [0.15, 0.2) is 18.2 Å². The molecule has 110 valence electrons. The minimum atomic E-state index is -0.117. The van der Waals surface area contributed by atoms with Gasteiger partial charge in [0, 0.05) is 17.5 Å². The molecule has 1 heterocycles. The smallest absolute Gasteiger partial charge is 0.251 e. The van der Waals surface area contributed by atoms with Crippen LogP contribution in [0.25, 0.3) is 0 Å². The first-order chi connectivity index (χ1) is 9.41. The first-order valence-corrected chi connectivity index (χ1v) is 7.22. The molecule has 1 unspecified atom stereocenters. The predicted octanol–water partition coefficient (Wildman–Crippen LogP) is 3.19. The van der Waals surface area contributed by atoms with Gasteiger partial charge in [-0.3, -0.25) is 4.79 Å². The van der Waals surface area contributed by atoms with Crippen LogP contribution in [0, 0.1) is 5.41 Å². The molecule has 2 rings (SSSR count). The minimum absolute atomic E-state index is 0.0259. The monoisotopic (exact) mass is 297 g/mol. The van der Waals surface area contributed by atoms with Crippen molar-refractivity contribution in [2.45, 2.75) is 33.2 Å². The summed E-state index contributed by atoms with van der Waals surface area (Å²) in [5, 5.41) is 3.05. The molecule has 5 heteroatoms. The van der Waals surface area contributed by atoms with Gasteiger partial charge in [0.05, 0.1) is 0 Å². The summed E-state index contributed by atoms with van der Waals surface area (Å²) in [4.78, 5) is 12.3. The molecule has 1 aromatic rings. The van der Waals surface area contributed by atoms with Crippen LogP contribution in [0.5, 0.6) is 11.5 Å². The zero-order valence-corrected chi connectivity index (χ0v) is 12.8. The molecule has 1 atom stereocenters. The van der Waals surface area contributed by atoms with E-state index in [2.05, 4.69) is 26.1 Å². The van der Waals surface area contributed by atoms with E-state index in [9.17, 15) is 4.79 Å². The molecule has 1 aliphatic rings. The first kappa shape index (κ1) is 15.0. The fourth-order valence-corrected chi connectivity index (χ4v) is 2.33. The number of halogens is 1. The van der Waals surface area contributed by atoms with Crippen molar-refractivity contribution in [2.24, 2.45) is 5.41 Å². The van der Waals surface area contributed by atoms with E-state index in [1.807, 2.05) is 0 Å². The quantitative estimate of drug-likeness (QED) is 0.868. The van der Waals surface area contributed by atoms with Crippen LogP contribution in [0.3, 0.4) is 0 Å². The minimum Gasteiger partial charge on any atom is -0.454 e. The molecule has 0 aliphatic carbocycles. The number of ether oxygens (including phenoxy) is 2. The van der Waals surface area contributed by atoms with Gasteiger partial charge in [-0.1, -0.05) is 20.8 Å². The van der Waals surface area contributed by atoms with Crippen LogP contribution in [0.1, 0.15) is 37.6 Å². The van der Waals surface area contributed by atoms with Crippen molar-refractivity contribution in [1.82, 2.24) is 5.32 Å². The number of benzene rings is 1. The Hall–Kier alpha value is -1.42. The summed E-state index contributed by atoms with van der Waals surface area (Å²) in [6, 6.07) is 5.23. The van der Waals surface area contributed by atoms with Crippen LogP contribution in [0.2, 0.25) is 0 Å². The van der Waals surface area contributed by atoms with Crippen LogP contribution >= 0.6 is 11.6 Å². The average molecular weight is 298 g/mol. The Morgan fingerprint density at radius 1 is 1.35 bits per heavy atom. The Bertz CT molecular complexity index is 496. The molecule has 0 aromatic heterocycles. The summed E-state index contributed by atoms with van der Waals surface area (Å²) in [6.07, 6.45) is 0.737. The molecular formula is C15H20ClNO3. The zero-order valence-electron chi connectivity index (χ0n) is 12.0. The van der Waals surface area contributed by atoms with Crippen molar-refractivity contribution in [3.05, 3.63) is 23.8 Å². The number of carbonyl (C=O) groups is 1. The normalized spacial score (nSPS) is 15.0. The lowest BCUT2D eigenvalue weighted by Crippen LogP contribution is -2.44. The maximum Gasteiger partial charge on any atom is 0.251 e. The first-order valence-electron chi connectivity index (χ1n) is 6.68. The molecular weight excluding hydrogens is 278 g/mol. The summed E-state index contributed by atoms with van der Waals surface area (Å²) in [6.45, 7) is 6.47. The second-order valence-corrected chi connectivity index (χ2v) is 6.32. The Morgan fingerprint density at radius 3 is 2.70 bits per heavy atom. The third-order valence-corrected chi connectivity index (χ3v) is 3.60. The summed E-state index contributed by atoms with van der Waals surface area (Å²) in [7, 11) is 0. The lowest BCUT2D eigenvalue weighted by atomic mass is 9.85. The molecule has 0 saturated carbocycles. The Labute approximate surface area is 124 Å². The number of hydrogen-bond donors (Lipinski definition) is 1. The lowest BCUT2D eigenvalue weighted by Gasteiger charge is -2.31. The number of carbonyl (C=O) groups excluding carboxylic acids is 1. The summed E-state index contributed by atoms with van der Waals surface area (Å²) >= 11 is 5.82. The van der Waals surface area contributed by atoms with Crippen molar-refractivity contribution in [3.8, 4) is 11.5 Å². The highest BCUT2D eigenvalue weighted by Crippen LogP contribution is 2.32. The molecule has 0 fully saturated rings. The third-order valence-electron chi connectivity index (χ3n) is 3.38. The number of alkyl halides is 1. The predicted molar refractivity (Wildman–Crippen MR) is 78.6 cm³/mol. The van der Waals surface area contributed by atoms with E-state index < -0.39 is 0 Å². The molecule has 1 aromatic carbocycles. The van der Waals surface area contributed by atoms with Gasteiger partial charge in [0.1, 0.15) is 0 Å². The van der Waals surface area contributed by atoms with Gasteiger partial charge in [0.25, 0.3) is 5.91 Å². The van der Waals surface area contributed by atoms with Gasteiger partial charge in [0.2, 0.25) is 6.79 Å². The number of hydrogen-bond acceptors (Lipinski definition) is 3. The van der Waals surface area contributed by atoms with Gasteiger partial charge in [-0.25, -0.2) is 0 Å². The van der Waals surface area contributed by atoms with E-state index in [0.29, 0.717) is 22.9 Å². The van der Waals surface area contributed by atoms with Crippen molar-refractivity contribution < 1.29 is 14.3 Å². The van der Waals surface area contributed by atoms with Gasteiger partial charge < -0.3 is 14.8 Å². The largest absolute Gasteiger partial charge is 0.454 e. The number of rotatable bonds is 4. The van der Waals surface area contributed by atoms with E-state index >= 15 is 0 Å². The van der Waals surface area contributed by atoms with E-state index in [0.717, 1.165) is 6.42 Å². The van der Waals surface area contributed by atoms with Gasteiger partial charge in [-0.15, -0.1) is 11.6 Å². The Balaban J connectivity index is 2.11. The molecule has 0 radical (unpaired) electrons. The molecule has 20 heavy (non-hydrogen) atoms. The van der Waals surface area contributed by atoms with E-state index in [1.54, 1.807) is 18.2 Å². The van der Waals surface area contributed by atoms with Crippen LogP contribution < -0.4 is 14.8 Å². The van der Waals surface area contributed by atoms with E-state index in [4.69, 9.17) is 21.1 Å². The second kappa shape index (κ2) is 5.92. The topological polar surface area (TPSA) is 47.6 Å². The van der Waals surface area contributed by atoms with Crippen LogP contribution in [-0.4, -0.2) is 24.6 Å². The van der Waals surface area contributed by atoms with E-state index in [1.165, 1.54) is 0 Å². The highest BCUT2D eigenvalue weighted by molar-refractivity contribution is 6.17. The molecule has 0 bridgehead atoms. The molecule has 4 nitrogen and oxygen atoms in total. The second-order valence-electron chi connectivity index (χ2n) is 5.94. The maximum absolute atomic E-state index is 12.3. The molecule has 1 N–H and O–H groups in total. The summed E-state index contributed by atoms with van der Waals surface area (Å²) in [5.74, 6) is 1.69. The third kappa shape index (κ3) is 3.37. The Kier molecular flexibility index (Phi) is 4.43. The molecule has 0 saturated heterocycles. The summed E-state index contributed by atoms with van der Waals surface area (Å²) in [5.41, 5.74) is 0.527. The number of fused-ring (bicyclic) bond motifs is 1. The van der Waals surface area contributed by atoms with Gasteiger partial charge >= 0.3 is 0 Å².